The minimum Gasteiger partial charge on any atom is -0.353 e. The molecule has 1 aliphatic heterocycles. The van der Waals surface area contributed by atoms with Crippen molar-refractivity contribution < 1.29 is 4.79 Å². The van der Waals surface area contributed by atoms with Crippen molar-refractivity contribution in [2.24, 2.45) is 0 Å². The maximum absolute atomic E-state index is 12.8. The number of fused-ring (bicyclic) bond motifs is 4. The molecule has 3 aromatic rings. The largest absolute Gasteiger partial charge is 0.353 e. The fraction of sp³-hybridized carbons (Fsp3) is 0.250. The lowest BCUT2D eigenvalue weighted by Gasteiger charge is -2.27. The van der Waals surface area contributed by atoms with Crippen LogP contribution in [0.15, 0.2) is 42.5 Å². The molecule has 0 saturated carbocycles. The van der Waals surface area contributed by atoms with E-state index in [1.54, 1.807) is 11.3 Å². The normalized spacial score (nSPS) is 19.3. The quantitative estimate of drug-likeness (QED) is 0.681. The van der Waals surface area contributed by atoms with E-state index in [0.29, 0.717) is 0 Å². The summed E-state index contributed by atoms with van der Waals surface area (Å²) in [5, 5.41) is 10.2. The molecule has 0 fully saturated rings. The van der Waals surface area contributed by atoms with Crippen molar-refractivity contribution in [3.63, 3.8) is 0 Å². The number of thiophene rings is 1. The van der Waals surface area contributed by atoms with Crippen molar-refractivity contribution in [2.75, 3.05) is 5.32 Å². The molecule has 0 radical (unpaired) electrons. The van der Waals surface area contributed by atoms with E-state index in [0.717, 1.165) is 29.0 Å². The van der Waals surface area contributed by atoms with Gasteiger partial charge < -0.3 is 10.6 Å². The van der Waals surface area contributed by atoms with Crippen molar-refractivity contribution in [1.82, 2.24) is 5.32 Å². The van der Waals surface area contributed by atoms with E-state index in [1.807, 2.05) is 12.1 Å². The van der Waals surface area contributed by atoms with E-state index >= 15 is 0 Å². The average molecular weight is 334 g/mol. The Kier molecular flexibility index (Phi) is 3.13. The van der Waals surface area contributed by atoms with E-state index < -0.39 is 0 Å². The molecule has 0 unspecified atom stereocenters. The van der Waals surface area contributed by atoms with Crippen LogP contribution in [0.1, 0.15) is 45.4 Å². The predicted molar refractivity (Wildman–Crippen MR) is 98.7 cm³/mol. The first-order chi connectivity index (χ1) is 11.8. The summed E-state index contributed by atoms with van der Waals surface area (Å²) in [6.07, 6.45) is 4.41. The van der Waals surface area contributed by atoms with Crippen molar-refractivity contribution in [3.05, 3.63) is 64.0 Å². The van der Waals surface area contributed by atoms with E-state index in [9.17, 15) is 4.79 Å². The van der Waals surface area contributed by atoms with Gasteiger partial charge in [0, 0.05) is 10.4 Å². The van der Waals surface area contributed by atoms with Gasteiger partial charge in [-0.2, -0.15) is 0 Å². The molecule has 0 bridgehead atoms. The number of carbonyl (C=O) groups is 1. The third kappa shape index (κ3) is 2.06. The van der Waals surface area contributed by atoms with Gasteiger partial charge in [0.15, 0.2) is 0 Å². The Balaban J connectivity index is 1.60. The van der Waals surface area contributed by atoms with Crippen LogP contribution in [0.4, 0.5) is 5.00 Å². The van der Waals surface area contributed by atoms with Crippen molar-refractivity contribution in [1.29, 1.82) is 0 Å². The Labute approximate surface area is 144 Å². The fourth-order valence-corrected chi connectivity index (χ4v) is 5.25. The zero-order valence-corrected chi connectivity index (χ0v) is 14.1. The van der Waals surface area contributed by atoms with Gasteiger partial charge in [-0.25, -0.2) is 0 Å². The van der Waals surface area contributed by atoms with Crippen LogP contribution in [0, 0.1) is 0 Å². The standard InChI is InChI=1S/C20H18N2OS/c23-19-17-15-9-3-4-11-16(15)24-20(17)22-18(21-19)14-10-5-7-12-6-1-2-8-13(12)14/h1-2,5-8,10,18,22H,3-4,9,11H2,(H,21,23)/t18-/m0/s1. The average Bonchev–Trinajstić information content (AvgIpc) is 3.00. The van der Waals surface area contributed by atoms with Gasteiger partial charge in [0.25, 0.3) is 5.91 Å². The van der Waals surface area contributed by atoms with Gasteiger partial charge in [0.1, 0.15) is 11.2 Å². The molecular weight excluding hydrogens is 316 g/mol. The number of rotatable bonds is 1. The van der Waals surface area contributed by atoms with Gasteiger partial charge in [0.05, 0.1) is 5.56 Å². The second-order valence-corrected chi connectivity index (χ2v) is 7.64. The summed E-state index contributed by atoms with van der Waals surface area (Å²) in [4.78, 5) is 14.2. The van der Waals surface area contributed by atoms with Crippen LogP contribution in [-0.4, -0.2) is 5.91 Å². The van der Waals surface area contributed by atoms with E-state index in [1.165, 1.54) is 34.1 Å². The van der Waals surface area contributed by atoms with Gasteiger partial charge in [-0.1, -0.05) is 42.5 Å². The van der Waals surface area contributed by atoms with E-state index in [-0.39, 0.29) is 12.1 Å². The first-order valence-corrected chi connectivity index (χ1v) is 9.32. The van der Waals surface area contributed by atoms with Gasteiger partial charge in [-0.3, -0.25) is 4.79 Å². The zero-order chi connectivity index (χ0) is 16.1. The summed E-state index contributed by atoms with van der Waals surface area (Å²) >= 11 is 1.77. The van der Waals surface area contributed by atoms with Crippen LogP contribution < -0.4 is 10.6 Å². The number of nitrogens with one attached hydrogen (secondary N) is 2. The molecule has 2 N–H and O–H groups in total. The van der Waals surface area contributed by atoms with E-state index in [4.69, 9.17) is 0 Å². The molecular formula is C20H18N2OS. The second-order valence-electron chi connectivity index (χ2n) is 6.53. The Morgan fingerprint density at radius 1 is 0.958 bits per heavy atom. The molecule has 1 atom stereocenters. The third-order valence-electron chi connectivity index (χ3n) is 5.08. The zero-order valence-electron chi connectivity index (χ0n) is 13.3. The van der Waals surface area contributed by atoms with Crippen LogP contribution in [0.5, 0.6) is 0 Å². The van der Waals surface area contributed by atoms with Crippen molar-refractivity contribution in [2.45, 2.75) is 31.8 Å². The van der Waals surface area contributed by atoms with Gasteiger partial charge in [-0.05, 0) is 42.0 Å². The van der Waals surface area contributed by atoms with E-state index in [2.05, 4.69) is 41.0 Å². The smallest absolute Gasteiger partial charge is 0.256 e. The van der Waals surface area contributed by atoms with Crippen LogP contribution in [0.3, 0.4) is 0 Å². The molecule has 5 rings (SSSR count). The third-order valence-corrected chi connectivity index (χ3v) is 6.31. The Hall–Kier alpha value is -2.33. The maximum atomic E-state index is 12.8. The monoisotopic (exact) mass is 334 g/mol. The lowest BCUT2D eigenvalue weighted by atomic mass is 9.94. The Morgan fingerprint density at radius 2 is 1.79 bits per heavy atom. The molecule has 4 heteroatoms. The molecule has 0 saturated heterocycles. The van der Waals surface area contributed by atoms with Gasteiger partial charge >= 0.3 is 0 Å². The first kappa shape index (κ1) is 14.1. The number of anilines is 1. The van der Waals surface area contributed by atoms with Crippen LogP contribution in [0.25, 0.3) is 10.8 Å². The van der Waals surface area contributed by atoms with Crippen LogP contribution in [-0.2, 0) is 12.8 Å². The van der Waals surface area contributed by atoms with Crippen LogP contribution >= 0.6 is 11.3 Å². The second kappa shape index (κ2) is 5.35. The molecule has 1 aliphatic carbocycles. The number of carbonyl (C=O) groups excluding carboxylic acids is 1. The predicted octanol–water partition coefficient (Wildman–Crippen LogP) is 4.63. The SMILES string of the molecule is O=C1N[C@H](c2cccc3ccccc23)Nc2sc3c(c21)CCCC3. The summed E-state index contributed by atoms with van der Waals surface area (Å²) in [7, 11) is 0. The molecule has 1 amide bonds. The number of amides is 1. The van der Waals surface area contributed by atoms with Gasteiger partial charge in [0.2, 0.25) is 0 Å². The molecule has 2 aromatic carbocycles. The summed E-state index contributed by atoms with van der Waals surface area (Å²) in [6, 6.07) is 14.6. The molecule has 120 valence electrons. The number of hydrogen-bond acceptors (Lipinski definition) is 3. The Morgan fingerprint density at radius 3 is 2.75 bits per heavy atom. The summed E-state index contributed by atoms with van der Waals surface area (Å²) in [5.41, 5.74) is 3.30. The highest BCUT2D eigenvalue weighted by atomic mass is 32.1. The number of aryl methyl sites for hydroxylation is 1. The number of benzene rings is 2. The molecule has 3 nitrogen and oxygen atoms in total. The molecule has 2 heterocycles. The summed E-state index contributed by atoms with van der Waals surface area (Å²) < 4.78 is 0. The highest BCUT2D eigenvalue weighted by Crippen LogP contribution is 2.42. The molecule has 2 aliphatic rings. The lowest BCUT2D eigenvalue weighted by Crippen LogP contribution is -2.38. The summed E-state index contributed by atoms with van der Waals surface area (Å²) in [6.45, 7) is 0. The van der Waals surface area contributed by atoms with Crippen LogP contribution in [0.2, 0.25) is 0 Å². The van der Waals surface area contributed by atoms with Crippen molar-refractivity contribution in [3.8, 4) is 0 Å². The Bertz CT molecular complexity index is 954. The number of hydrogen-bond donors (Lipinski definition) is 2. The first-order valence-electron chi connectivity index (χ1n) is 8.51. The highest BCUT2D eigenvalue weighted by molar-refractivity contribution is 7.16. The minimum atomic E-state index is -0.170. The minimum absolute atomic E-state index is 0.0704. The topological polar surface area (TPSA) is 41.1 Å². The van der Waals surface area contributed by atoms with Gasteiger partial charge in [-0.15, -0.1) is 11.3 Å². The molecule has 24 heavy (non-hydrogen) atoms. The highest BCUT2D eigenvalue weighted by Gasteiger charge is 2.32. The molecule has 0 spiro atoms. The summed E-state index contributed by atoms with van der Waals surface area (Å²) in [5.74, 6) is 0.0704. The maximum Gasteiger partial charge on any atom is 0.256 e. The van der Waals surface area contributed by atoms with Crippen molar-refractivity contribution >= 4 is 33.0 Å². The lowest BCUT2D eigenvalue weighted by molar-refractivity contribution is 0.0935. The molecule has 1 aromatic heterocycles. The fourth-order valence-electron chi connectivity index (χ4n) is 3.94.